The molecule has 0 saturated heterocycles. The molecule has 1 rings (SSSR count). The van der Waals surface area contributed by atoms with Crippen molar-refractivity contribution in [2.45, 2.75) is 110 Å². The van der Waals surface area contributed by atoms with Crippen LogP contribution in [0.5, 0.6) is 0 Å². The topological polar surface area (TPSA) is 12.0 Å². The summed E-state index contributed by atoms with van der Waals surface area (Å²) in [5.74, 6) is 1.04. The molecule has 21 heavy (non-hydrogen) atoms. The summed E-state index contributed by atoms with van der Waals surface area (Å²) >= 11 is 0. The molecule has 0 heterocycles. The largest absolute Gasteiger partial charge is 0.316 e. The van der Waals surface area contributed by atoms with Gasteiger partial charge in [-0.15, -0.1) is 0 Å². The van der Waals surface area contributed by atoms with Crippen LogP contribution < -0.4 is 5.32 Å². The molecule has 0 bridgehead atoms. The standard InChI is InChI=1S/C20H41N/c1-2-3-4-5-6-7-8-9-10-11-12-13-14-15-18-21-19-20-16-17-20/h20-21H,2-19H2,1H3. The van der Waals surface area contributed by atoms with Crippen molar-refractivity contribution in [1.29, 1.82) is 0 Å². The molecule has 126 valence electrons. The molecular formula is C20H41N. The van der Waals surface area contributed by atoms with E-state index in [1.165, 1.54) is 116 Å². The fourth-order valence-electron chi connectivity index (χ4n) is 3.07. The Hall–Kier alpha value is -0.0400. The van der Waals surface area contributed by atoms with E-state index in [9.17, 15) is 0 Å². The van der Waals surface area contributed by atoms with Crippen LogP contribution in [-0.2, 0) is 0 Å². The summed E-state index contributed by atoms with van der Waals surface area (Å²) < 4.78 is 0. The predicted octanol–water partition coefficient (Wildman–Crippen LogP) is 6.47. The summed E-state index contributed by atoms with van der Waals surface area (Å²) in [4.78, 5) is 0. The van der Waals surface area contributed by atoms with Crippen LogP contribution in [0.2, 0.25) is 0 Å². The van der Waals surface area contributed by atoms with Gasteiger partial charge < -0.3 is 5.32 Å². The molecule has 0 aromatic carbocycles. The van der Waals surface area contributed by atoms with Gasteiger partial charge in [-0.05, 0) is 38.3 Å². The maximum Gasteiger partial charge on any atom is -0.00205 e. The van der Waals surface area contributed by atoms with Crippen LogP contribution in [0.1, 0.15) is 110 Å². The van der Waals surface area contributed by atoms with Crippen LogP contribution in [0, 0.1) is 5.92 Å². The highest BCUT2D eigenvalue weighted by molar-refractivity contribution is 4.74. The van der Waals surface area contributed by atoms with E-state index >= 15 is 0 Å². The zero-order valence-electron chi connectivity index (χ0n) is 14.8. The first-order valence-electron chi connectivity index (χ1n) is 10.1. The fourth-order valence-corrected chi connectivity index (χ4v) is 3.07. The number of unbranched alkanes of at least 4 members (excludes halogenated alkanes) is 13. The third kappa shape index (κ3) is 14.7. The minimum atomic E-state index is 1.04. The Labute approximate surface area is 134 Å². The van der Waals surface area contributed by atoms with Crippen molar-refractivity contribution in [1.82, 2.24) is 5.32 Å². The summed E-state index contributed by atoms with van der Waals surface area (Å²) in [6.45, 7) is 4.84. The Bertz CT molecular complexity index is 198. The Morgan fingerprint density at radius 1 is 0.619 bits per heavy atom. The summed E-state index contributed by atoms with van der Waals surface area (Å²) in [6, 6.07) is 0. The first kappa shape index (κ1) is 19.0. The molecule has 0 amide bonds. The molecule has 1 N–H and O–H groups in total. The van der Waals surface area contributed by atoms with E-state index in [1.54, 1.807) is 0 Å². The molecule has 1 aliphatic carbocycles. The summed E-state index contributed by atoms with van der Waals surface area (Å²) in [5, 5.41) is 3.59. The molecule has 0 radical (unpaired) electrons. The van der Waals surface area contributed by atoms with Crippen LogP contribution in [0.3, 0.4) is 0 Å². The lowest BCUT2D eigenvalue weighted by molar-refractivity contribution is 0.527. The van der Waals surface area contributed by atoms with Crippen LogP contribution in [0.4, 0.5) is 0 Å². The smallest absolute Gasteiger partial charge is 0.00205 e. The third-order valence-corrected chi connectivity index (χ3v) is 4.84. The van der Waals surface area contributed by atoms with Gasteiger partial charge in [0, 0.05) is 0 Å². The molecule has 0 aromatic rings. The maximum absolute atomic E-state index is 3.59. The lowest BCUT2D eigenvalue weighted by Gasteiger charge is -2.04. The van der Waals surface area contributed by atoms with Gasteiger partial charge in [0.05, 0.1) is 0 Å². The monoisotopic (exact) mass is 295 g/mol. The van der Waals surface area contributed by atoms with Gasteiger partial charge in [0.15, 0.2) is 0 Å². The molecule has 0 aliphatic heterocycles. The second-order valence-corrected chi connectivity index (χ2v) is 7.24. The Kier molecular flexibility index (Phi) is 13.5. The van der Waals surface area contributed by atoms with E-state index in [-0.39, 0.29) is 0 Å². The second-order valence-electron chi connectivity index (χ2n) is 7.24. The van der Waals surface area contributed by atoms with Gasteiger partial charge >= 0.3 is 0 Å². The molecule has 1 aliphatic rings. The molecule has 1 fully saturated rings. The molecule has 0 atom stereocenters. The summed E-state index contributed by atoms with van der Waals surface area (Å²) in [6.07, 6.45) is 23.4. The van der Waals surface area contributed by atoms with Crippen LogP contribution >= 0.6 is 0 Å². The van der Waals surface area contributed by atoms with Gasteiger partial charge in [-0.2, -0.15) is 0 Å². The minimum absolute atomic E-state index is 1.04. The quantitative estimate of drug-likeness (QED) is 0.303. The molecular weight excluding hydrogens is 254 g/mol. The molecule has 1 saturated carbocycles. The van der Waals surface area contributed by atoms with E-state index in [0.29, 0.717) is 0 Å². The average molecular weight is 296 g/mol. The van der Waals surface area contributed by atoms with Gasteiger partial charge in [0.1, 0.15) is 0 Å². The highest BCUT2D eigenvalue weighted by Gasteiger charge is 2.19. The molecule has 0 unspecified atom stereocenters. The fraction of sp³-hybridized carbons (Fsp3) is 1.00. The van der Waals surface area contributed by atoms with Crippen molar-refractivity contribution in [2.75, 3.05) is 13.1 Å². The molecule has 1 heteroatoms. The van der Waals surface area contributed by atoms with E-state index in [4.69, 9.17) is 0 Å². The van der Waals surface area contributed by atoms with Crippen molar-refractivity contribution >= 4 is 0 Å². The minimum Gasteiger partial charge on any atom is -0.316 e. The van der Waals surface area contributed by atoms with E-state index in [2.05, 4.69) is 12.2 Å². The SMILES string of the molecule is CCCCCCCCCCCCCCCCNCC1CC1. The lowest BCUT2D eigenvalue weighted by atomic mass is 10.0. The predicted molar refractivity (Wildman–Crippen MR) is 95.9 cm³/mol. The Morgan fingerprint density at radius 2 is 1.05 bits per heavy atom. The second kappa shape index (κ2) is 14.9. The van der Waals surface area contributed by atoms with Crippen molar-refractivity contribution in [3.8, 4) is 0 Å². The van der Waals surface area contributed by atoms with Crippen molar-refractivity contribution in [2.24, 2.45) is 5.92 Å². The number of rotatable bonds is 17. The number of hydrogen-bond acceptors (Lipinski definition) is 1. The molecule has 0 aromatic heterocycles. The van der Waals surface area contributed by atoms with E-state index < -0.39 is 0 Å². The zero-order valence-corrected chi connectivity index (χ0v) is 14.8. The Morgan fingerprint density at radius 3 is 1.48 bits per heavy atom. The van der Waals surface area contributed by atoms with E-state index in [0.717, 1.165) is 5.92 Å². The first-order valence-corrected chi connectivity index (χ1v) is 10.1. The molecule has 1 nitrogen and oxygen atoms in total. The van der Waals surface area contributed by atoms with Crippen molar-refractivity contribution < 1.29 is 0 Å². The number of nitrogens with one attached hydrogen (secondary N) is 1. The summed E-state index contributed by atoms with van der Waals surface area (Å²) in [7, 11) is 0. The normalized spacial score (nSPS) is 14.7. The maximum atomic E-state index is 3.59. The zero-order chi connectivity index (χ0) is 15.0. The average Bonchev–Trinajstić information content (AvgIpc) is 3.31. The highest BCUT2D eigenvalue weighted by Crippen LogP contribution is 2.27. The highest BCUT2D eigenvalue weighted by atomic mass is 14.9. The van der Waals surface area contributed by atoms with Gasteiger partial charge in [0.2, 0.25) is 0 Å². The van der Waals surface area contributed by atoms with Crippen LogP contribution in [0.25, 0.3) is 0 Å². The van der Waals surface area contributed by atoms with Gasteiger partial charge in [0.25, 0.3) is 0 Å². The van der Waals surface area contributed by atoms with Gasteiger partial charge in [-0.25, -0.2) is 0 Å². The molecule has 0 spiro atoms. The van der Waals surface area contributed by atoms with E-state index in [1.807, 2.05) is 0 Å². The summed E-state index contributed by atoms with van der Waals surface area (Å²) in [5.41, 5.74) is 0. The van der Waals surface area contributed by atoms with Crippen LogP contribution in [0.15, 0.2) is 0 Å². The van der Waals surface area contributed by atoms with Crippen molar-refractivity contribution in [3.05, 3.63) is 0 Å². The van der Waals surface area contributed by atoms with Gasteiger partial charge in [-0.3, -0.25) is 0 Å². The van der Waals surface area contributed by atoms with Crippen LogP contribution in [-0.4, -0.2) is 13.1 Å². The number of hydrogen-bond donors (Lipinski definition) is 1. The lowest BCUT2D eigenvalue weighted by Crippen LogP contribution is -2.17. The van der Waals surface area contributed by atoms with Gasteiger partial charge in [-0.1, -0.05) is 90.4 Å². The first-order chi connectivity index (χ1) is 10.4. The third-order valence-electron chi connectivity index (χ3n) is 4.84. The Balaban J connectivity index is 1.59. The van der Waals surface area contributed by atoms with Crippen molar-refractivity contribution in [3.63, 3.8) is 0 Å².